The fourth-order valence-corrected chi connectivity index (χ4v) is 6.59. The number of hydrogen-bond acceptors (Lipinski definition) is 5. The largest absolute Gasteiger partial charge is 0.416 e. The summed E-state index contributed by atoms with van der Waals surface area (Å²) >= 11 is 0. The molecule has 0 spiro atoms. The van der Waals surface area contributed by atoms with Gasteiger partial charge in [-0.2, -0.15) is 13.2 Å². The van der Waals surface area contributed by atoms with Crippen molar-refractivity contribution in [2.24, 2.45) is 5.92 Å². The lowest BCUT2D eigenvalue weighted by Gasteiger charge is -2.36. The molecule has 0 bridgehead atoms. The SMILES string of the molecule is CC[C@H](C)[C@@]1(NC(C)=O)CCN([C@@H](CCc2ccccc2)C(=O)N[C@@H](Cc2ccccc2)[C@H](O)CNCc2cccc(C(F)(F)F)c2)C1=O. The molecule has 1 saturated heterocycles. The summed E-state index contributed by atoms with van der Waals surface area (Å²) in [7, 11) is 0. The van der Waals surface area contributed by atoms with E-state index in [0.717, 1.165) is 23.3 Å². The van der Waals surface area contributed by atoms with Crippen molar-refractivity contribution in [2.75, 3.05) is 13.1 Å². The monoisotopic (exact) mass is 680 g/mol. The first-order valence-corrected chi connectivity index (χ1v) is 16.9. The highest BCUT2D eigenvalue weighted by atomic mass is 19.4. The molecule has 264 valence electrons. The number of nitrogens with zero attached hydrogens (tertiary/aromatic N) is 1. The highest BCUT2D eigenvalue weighted by molar-refractivity contribution is 5.96. The summed E-state index contributed by atoms with van der Waals surface area (Å²) in [6.45, 7) is 5.62. The minimum Gasteiger partial charge on any atom is -0.390 e. The minimum atomic E-state index is -4.47. The Morgan fingerprint density at radius 3 is 2.20 bits per heavy atom. The summed E-state index contributed by atoms with van der Waals surface area (Å²) in [6, 6.07) is 22.3. The molecule has 1 aliphatic heterocycles. The molecule has 0 radical (unpaired) electrons. The van der Waals surface area contributed by atoms with Crippen molar-refractivity contribution in [1.82, 2.24) is 20.9 Å². The molecule has 49 heavy (non-hydrogen) atoms. The maximum atomic E-state index is 14.3. The Morgan fingerprint density at radius 2 is 1.59 bits per heavy atom. The number of carbonyl (C=O) groups excluding carboxylic acids is 3. The molecule has 4 N–H and O–H groups in total. The van der Waals surface area contributed by atoms with Gasteiger partial charge < -0.3 is 26.0 Å². The van der Waals surface area contributed by atoms with Crippen LogP contribution in [0.15, 0.2) is 84.9 Å². The maximum Gasteiger partial charge on any atom is 0.416 e. The van der Waals surface area contributed by atoms with E-state index in [2.05, 4.69) is 16.0 Å². The van der Waals surface area contributed by atoms with Crippen molar-refractivity contribution in [3.63, 3.8) is 0 Å². The van der Waals surface area contributed by atoms with Crippen LogP contribution in [-0.4, -0.2) is 64.5 Å². The summed E-state index contributed by atoms with van der Waals surface area (Å²) in [6.07, 6.45) is -3.45. The van der Waals surface area contributed by atoms with E-state index in [1.54, 1.807) is 11.0 Å². The number of hydrogen-bond donors (Lipinski definition) is 4. The number of aliphatic hydroxyl groups is 1. The van der Waals surface area contributed by atoms with Gasteiger partial charge >= 0.3 is 6.18 Å². The second kappa shape index (κ2) is 16.9. The first-order valence-electron chi connectivity index (χ1n) is 16.9. The fourth-order valence-electron chi connectivity index (χ4n) is 6.59. The summed E-state index contributed by atoms with van der Waals surface area (Å²) in [5.74, 6) is -1.20. The van der Waals surface area contributed by atoms with Crippen LogP contribution < -0.4 is 16.0 Å². The average molecular weight is 681 g/mol. The highest BCUT2D eigenvalue weighted by Crippen LogP contribution is 2.35. The third kappa shape index (κ3) is 9.92. The van der Waals surface area contributed by atoms with Gasteiger partial charge in [-0.15, -0.1) is 0 Å². The number of aliphatic hydroxyl groups excluding tert-OH is 1. The molecule has 3 amide bonds. The lowest BCUT2D eigenvalue weighted by molar-refractivity contribution is -0.144. The van der Waals surface area contributed by atoms with Crippen LogP contribution in [0.25, 0.3) is 0 Å². The van der Waals surface area contributed by atoms with E-state index >= 15 is 0 Å². The molecule has 1 heterocycles. The van der Waals surface area contributed by atoms with E-state index in [0.29, 0.717) is 31.2 Å². The minimum absolute atomic E-state index is 0.00892. The van der Waals surface area contributed by atoms with Gasteiger partial charge in [0.05, 0.1) is 17.7 Å². The van der Waals surface area contributed by atoms with E-state index in [1.807, 2.05) is 74.5 Å². The van der Waals surface area contributed by atoms with Gasteiger partial charge in [0.1, 0.15) is 11.6 Å². The maximum absolute atomic E-state index is 14.3. The third-order valence-corrected chi connectivity index (χ3v) is 9.50. The standard InChI is InChI=1S/C38H47F3N4O4/c1-4-26(2)37(44-27(3)46)20-21-45(36(37)49)33(19-18-28-12-7-5-8-13-28)35(48)43-32(23-29-14-9-6-10-15-29)34(47)25-42-24-30-16-11-17-31(22-30)38(39,40)41/h5-17,22,26,32-34,42,47H,4,18-21,23-25H2,1-3H3,(H,43,48)(H,44,46)/t26-,32-,33-,34+,37-/m0/s1. The molecule has 0 aromatic heterocycles. The van der Waals surface area contributed by atoms with Crippen LogP contribution in [0.1, 0.15) is 62.3 Å². The van der Waals surface area contributed by atoms with E-state index in [1.165, 1.54) is 13.0 Å². The lowest BCUT2D eigenvalue weighted by Crippen LogP contribution is -2.60. The molecule has 0 saturated carbocycles. The second-order valence-electron chi connectivity index (χ2n) is 13.0. The molecule has 0 unspecified atom stereocenters. The van der Waals surface area contributed by atoms with Gasteiger partial charge in [0.25, 0.3) is 0 Å². The quantitative estimate of drug-likeness (QED) is 0.170. The number of benzene rings is 3. The Balaban J connectivity index is 1.56. The van der Waals surface area contributed by atoms with Gasteiger partial charge in [-0.25, -0.2) is 0 Å². The van der Waals surface area contributed by atoms with Crippen molar-refractivity contribution in [3.05, 3.63) is 107 Å². The molecule has 1 aliphatic rings. The summed E-state index contributed by atoms with van der Waals surface area (Å²) in [5, 5.41) is 20.4. The number of aryl methyl sites for hydroxylation is 1. The van der Waals surface area contributed by atoms with E-state index < -0.39 is 41.4 Å². The zero-order chi connectivity index (χ0) is 35.6. The number of halogens is 3. The summed E-state index contributed by atoms with van der Waals surface area (Å²) < 4.78 is 39.7. The fraction of sp³-hybridized carbons (Fsp3) is 0.447. The van der Waals surface area contributed by atoms with Crippen molar-refractivity contribution in [1.29, 1.82) is 0 Å². The van der Waals surface area contributed by atoms with Crippen LogP contribution in [0.4, 0.5) is 13.2 Å². The Kier molecular flexibility index (Phi) is 13.0. The molecule has 11 heteroatoms. The van der Waals surface area contributed by atoms with Gasteiger partial charge in [-0.3, -0.25) is 14.4 Å². The van der Waals surface area contributed by atoms with E-state index in [4.69, 9.17) is 0 Å². The predicted octanol–water partition coefficient (Wildman–Crippen LogP) is 5.04. The third-order valence-electron chi connectivity index (χ3n) is 9.50. The molecule has 0 aliphatic carbocycles. The van der Waals surface area contributed by atoms with Gasteiger partial charge in [-0.05, 0) is 54.4 Å². The van der Waals surface area contributed by atoms with Crippen molar-refractivity contribution >= 4 is 17.7 Å². The van der Waals surface area contributed by atoms with Crippen LogP contribution in [-0.2, 0) is 39.9 Å². The molecule has 3 aromatic rings. The average Bonchev–Trinajstić information content (AvgIpc) is 3.40. The Bertz CT molecular complexity index is 1540. The zero-order valence-corrected chi connectivity index (χ0v) is 28.3. The lowest BCUT2D eigenvalue weighted by atomic mass is 9.81. The highest BCUT2D eigenvalue weighted by Gasteiger charge is 2.53. The zero-order valence-electron chi connectivity index (χ0n) is 28.3. The number of likely N-dealkylation sites (tertiary alicyclic amines) is 1. The van der Waals surface area contributed by atoms with Gasteiger partial charge in [0.15, 0.2) is 0 Å². The van der Waals surface area contributed by atoms with Crippen LogP contribution in [0.5, 0.6) is 0 Å². The number of nitrogens with one attached hydrogen (secondary N) is 3. The first kappa shape index (κ1) is 37.6. The van der Waals surface area contributed by atoms with Gasteiger partial charge in [0.2, 0.25) is 17.7 Å². The number of alkyl halides is 3. The van der Waals surface area contributed by atoms with E-state index in [9.17, 15) is 32.7 Å². The normalized spacial score (nSPS) is 18.8. The number of carbonyl (C=O) groups is 3. The number of rotatable bonds is 16. The van der Waals surface area contributed by atoms with Crippen molar-refractivity contribution < 1.29 is 32.7 Å². The van der Waals surface area contributed by atoms with Gasteiger partial charge in [0, 0.05) is 26.6 Å². The van der Waals surface area contributed by atoms with Crippen LogP contribution in [0, 0.1) is 5.92 Å². The molecule has 5 atom stereocenters. The number of amides is 3. The van der Waals surface area contributed by atoms with Crippen LogP contribution in [0.2, 0.25) is 0 Å². The topological polar surface area (TPSA) is 111 Å². The Hall–Kier alpha value is -4.22. The summed E-state index contributed by atoms with van der Waals surface area (Å²) in [4.78, 5) is 42.3. The molecule has 3 aromatic carbocycles. The molecule has 8 nitrogen and oxygen atoms in total. The van der Waals surface area contributed by atoms with Crippen LogP contribution >= 0.6 is 0 Å². The second-order valence-corrected chi connectivity index (χ2v) is 13.0. The Morgan fingerprint density at radius 1 is 0.959 bits per heavy atom. The first-order chi connectivity index (χ1) is 23.3. The Labute approximate surface area is 286 Å². The predicted molar refractivity (Wildman–Crippen MR) is 182 cm³/mol. The molecule has 4 rings (SSSR count). The summed E-state index contributed by atoms with van der Waals surface area (Å²) in [5.41, 5.74) is 0.395. The van der Waals surface area contributed by atoms with Crippen molar-refractivity contribution in [2.45, 2.75) is 89.3 Å². The smallest absolute Gasteiger partial charge is 0.390 e. The molecular formula is C38H47F3N4O4. The molecular weight excluding hydrogens is 633 g/mol. The van der Waals surface area contributed by atoms with Crippen molar-refractivity contribution in [3.8, 4) is 0 Å². The van der Waals surface area contributed by atoms with E-state index in [-0.39, 0.29) is 43.8 Å². The van der Waals surface area contributed by atoms with Gasteiger partial charge in [-0.1, -0.05) is 99.1 Å². The van der Waals surface area contributed by atoms with Crippen LogP contribution in [0.3, 0.4) is 0 Å². The molecule has 1 fully saturated rings.